The third-order valence-corrected chi connectivity index (χ3v) is 4.71. The van der Waals surface area contributed by atoms with E-state index < -0.39 is 0 Å². The number of piperidine rings is 1. The molecule has 0 spiro atoms. The number of rotatable bonds is 2. The first-order chi connectivity index (χ1) is 8.17. The Balaban J connectivity index is 1.71. The van der Waals surface area contributed by atoms with Crippen molar-refractivity contribution >= 4 is 0 Å². The van der Waals surface area contributed by atoms with Crippen molar-refractivity contribution in [1.29, 1.82) is 0 Å². The van der Waals surface area contributed by atoms with Gasteiger partial charge in [0.05, 0.1) is 0 Å². The number of nitrogens with zero attached hydrogens (tertiary/aromatic N) is 1. The molecule has 0 radical (unpaired) electrons. The molecule has 2 fully saturated rings. The van der Waals surface area contributed by atoms with E-state index in [9.17, 15) is 0 Å². The molecule has 0 bridgehead atoms. The van der Waals surface area contributed by atoms with Gasteiger partial charge in [-0.15, -0.1) is 0 Å². The van der Waals surface area contributed by atoms with Crippen LogP contribution in [0.2, 0.25) is 0 Å². The Labute approximate surface area is 105 Å². The number of hydrogen-bond donors (Lipinski definition) is 0. The van der Waals surface area contributed by atoms with Crippen molar-refractivity contribution in [1.82, 2.24) is 4.90 Å². The summed E-state index contributed by atoms with van der Waals surface area (Å²) in [6, 6.07) is 10.1. The van der Waals surface area contributed by atoms with E-state index >= 15 is 0 Å². The average molecular weight is 229 g/mol. The van der Waals surface area contributed by atoms with Crippen LogP contribution in [0, 0.1) is 6.92 Å². The second-order valence-electron chi connectivity index (χ2n) is 6.19. The molecule has 1 saturated heterocycles. The van der Waals surface area contributed by atoms with Gasteiger partial charge in [0.15, 0.2) is 0 Å². The van der Waals surface area contributed by atoms with Crippen molar-refractivity contribution in [2.24, 2.45) is 0 Å². The van der Waals surface area contributed by atoms with Gasteiger partial charge in [0.1, 0.15) is 0 Å². The maximum absolute atomic E-state index is 2.70. The Morgan fingerprint density at radius 1 is 1.06 bits per heavy atom. The molecular weight excluding hydrogens is 206 g/mol. The van der Waals surface area contributed by atoms with Crippen molar-refractivity contribution < 1.29 is 0 Å². The van der Waals surface area contributed by atoms with Gasteiger partial charge in [-0.2, -0.15) is 0 Å². The van der Waals surface area contributed by atoms with Gasteiger partial charge in [0.25, 0.3) is 0 Å². The molecule has 1 heterocycles. The van der Waals surface area contributed by atoms with E-state index in [1.54, 1.807) is 5.56 Å². The summed E-state index contributed by atoms with van der Waals surface area (Å²) in [6.07, 6.45) is 5.54. The molecule has 1 saturated carbocycles. The Morgan fingerprint density at radius 2 is 1.65 bits per heavy atom. The van der Waals surface area contributed by atoms with Crippen LogP contribution in [0.3, 0.4) is 0 Å². The second kappa shape index (κ2) is 4.13. The lowest BCUT2D eigenvalue weighted by Gasteiger charge is -2.40. The minimum atomic E-state index is 0.416. The molecular formula is C16H23N. The molecule has 0 N–H and O–H groups in total. The van der Waals surface area contributed by atoms with Gasteiger partial charge in [-0.3, -0.25) is 0 Å². The molecule has 1 aliphatic carbocycles. The Hall–Kier alpha value is -0.820. The fourth-order valence-electron chi connectivity index (χ4n) is 3.07. The van der Waals surface area contributed by atoms with E-state index in [1.165, 1.54) is 44.3 Å². The lowest BCUT2D eigenvalue weighted by atomic mass is 9.74. The van der Waals surface area contributed by atoms with Gasteiger partial charge in [0.2, 0.25) is 0 Å². The van der Waals surface area contributed by atoms with Gasteiger partial charge >= 0.3 is 0 Å². The molecule has 1 nitrogen and oxygen atoms in total. The highest BCUT2D eigenvalue weighted by Gasteiger charge is 2.37. The summed E-state index contributed by atoms with van der Waals surface area (Å²) in [5, 5.41) is 0. The average Bonchev–Trinajstić information content (AvgIpc) is 3.15. The summed E-state index contributed by atoms with van der Waals surface area (Å²) in [5.74, 6) is 0. The van der Waals surface area contributed by atoms with Crippen LogP contribution in [0.4, 0.5) is 0 Å². The normalized spacial score (nSPS) is 24.8. The van der Waals surface area contributed by atoms with Crippen LogP contribution in [0.1, 0.15) is 43.7 Å². The van der Waals surface area contributed by atoms with Crippen LogP contribution in [-0.2, 0) is 5.41 Å². The molecule has 1 aromatic rings. The molecule has 1 aromatic carbocycles. The van der Waals surface area contributed by atoms with Crippen LogP contribution >= 0.6 is 0 Å². The molecule has 1 heteroatoms. The van der Waals surface area contributed by atoms with Gasteiger partial charge in [0, 0.05) is 6.04 Å². The molecule has 1 aliphatic heterocycles. The van der Waals surface area contributed by atoms with Crippen LogP contribution in [-0.4, -0.2) is 24.0 Å². The summed E-state index contributed by atoms with van der Waals surface area (Å²) in [4.78, 5) is 2.70. The number of benzene rings is 1. The molecule has 2 aliphatic rings. The topological polar surface area (TPSA) is 3.24 Å². The van der Waals surface area contributed by atoms with Gasteiger partial charge < -0.3 is 4.90 Å². The standard InChI is InChI=1S/C16H23N/c1-13-3-5-14(6-4-13)16(2)9-11-17(12-10-16)15-7-8-15/h3-6,15H,7-12H2,1-2H3. The van der Waals surface area contributed by atoms with E-state index in [0.717, 1.165) is 6.04 Å². The zero-order chi connectivity index (χ0) is 11.9. The second-order valence-corrected chi connectivity index (χ2v) is 6.19. The van der Waals surface area contributed by atoms with Crippen molar-refractivity contribution in [3.8, 4) is 0 Å². The number of likely N-dealkylation sites (tertiary alicyclic amines) is 1. The minimum Gasteiger partial charge on any atom is -0.300 e. The Kier molecular flexibility index (Phi) is 2.74. The lowest BCUT2D eigenvalue weighted by molar-refractivity contribution is 0.161. The SMILES string of the molecule is Cc1ccc(C2(C)CCN(C3CC3)CC2)cc1. The van der Waals surface area contributed by atoms with Crippen molar-refractivity contribution in [2.75, 3.05) is 13.1 Å². The fourth-order valence-corrected chi connectivity index (χ4v) is 3.07. The van der Waals surface area contributed by atoms with Crippen molar-refractivity contribution in [3.63, 3.8) is 0 Å². The lowest BCUT2D eigenvalue weighted by Crippen LogP contribution is -2.41. The molecule has 0 amide bonds. The van der Waals surface area contributed by atoms with E-state index in [-0.39, 0.29) is 0 Å². The fraction of sp³-hybridized carbons (Fsp3) is 0.625. The smallest absolute Gasteiger partial charge is 0.00964 e. The maximum Gasteiger partial charge on any atom is 0.00964 e. The van der Waals surface area contributed by atoms with Gasteiger partial charge in [-0.25, -0.2) is 0 Å². The van der Waals surface area contributed by atoms with Crippen LogP contribution in [0.5, 0.6) is 0 Å². The van der Waals surface area contributed by atoms with E-state index in [4.69, 9.17) is 0 Å². The zero-order valence-corrected chi connectivity index (χ0v) is 11.1. The highest BCUT2D eigenvalue weighted by Crippen LogP contribution is 2.38. The summed E-state index contributed by atoms with van der Waals surface area (Å²) in [6.45, 7) is 7.22. The van der Waals surface area contributed by atoms with Crippen molar-refractivity contribution in [3.05, 3.63) is 35.4 Å². The van der Waals surface area contributed by atoms with E-state index in [2.05, 4.69) is 43.0 Å². The van der Waals surface area contributed by atoms with Crippen LogP contribution < -0.4 is 0 Å². The molecule has 17 heavy (non-hydrogen) atoms. The number of hydrogen-bond acceptors (Lipinski definition) is 1. The van der Waals surface area contributed by atoms with Crippen LogP contribution in [0.25, 0.3) is 0 Å². The highest BCUT2D eigenvalue weighted by atomic mass is 15.2. The van der Waals surface area contributed by atoms with Crippen LogP contribution in [0.15, 0.2) is 24.3 Å². The Bertz CT molecular complexity index is 380. The van der Waals surface area contributed by atoms with E-state index in [1.807, 2.05) is 0 Å². The first-order valence-corrected chi connectivity index (χ1v) is 6.99. The summed E-state index contributed by atoms with van der Waals surface area (Å²) in [5.41, 5.74) is 3.32. The third-order valence-electron chi connectivity index (χ3n) is 4.71. The molecule has 92 valence electrons. The Morgan fingerprint density at radius 3 is 2.18 bits per heavy atom. The van der Waals surface area contributed by atoms with Gasteiger partial charge in [-0.1, -0.05) is 36.8 Å². The first-order valence-electron chi connectivity index (χ1n) is 6.99. The van der Waals surface area contributed by atoms with Crippen molar-refractivity contribution in [2.45, 2.75) is 51.0 Å². The van der Waals surface area contributed by atoms with E-state index in [0.29, 0.717) is 5.41 Å². The third kappa shape index (κ3) is 2.26. The molecule has 0 atom stereocenters. The summed E-state index contributed by atoms with van der Waals surface area (Å²) in [7, 11) is 0. The predicted octanol–water partition coefficient (Wildman–Crippen LogP) is 3.51. The quantitative estimate of drug-likeness (QED) is 0.750. The zero-order valence-electron chi connectivity index (χ0n) is 11.1. The molecule has 3 rings (SSSR count). The molecule has 0 aromatic heterocycles. The monoisotopic (exact) mass is 229 g/mol. The molecule has 0 unspecified atom stereocenters. The highest BCUT2D eigenvalue weighted by molar-refractivity contribution is 5.28. The first kappa shape index (κ1) is 11.3. The maximum atomic E-state index is 2.70. The summed E-state index contributed by atoms with van der Waals surface area (Å²) < 4.78 is 0. The predicted molar refractivity (Wildman–Crippen MR) is 72.4 cm³/mol. The summed E-state index contributed by atoms with van der Waals surface area (Å²) >= 11 is 0. The van der Waals surface area contributed by atoms with Gasteiger partial charge in [-0.05, 0) is 56.7 Å². The largest absolute Gasteiger partial charge is 0.300 e. The number of aryl methyl sites for hydroxylation is 1. The minimum absolute atomic E-state index is 0.416.